The normalized spacial score (nSPS) is 10.3. The second kappa shape index (κ2) is 8.15. The van der Waals surface area contributed by atoms with Crippen molar-refractivity contribution in [2.45, 2.75) is 13.3 Å². The van der Waals surface area contributed by atoms with E-state index in [-0.39, 0.29) is 0 Å². The first-order valence-electron chi connectivity index (χ1n) is 8.27. The molecule has 2 N–H and O–H groups in total. The predicted molar refractivity (Wildman–Crippen MR) is 102 cm³/mol. The number of benzene rings is 2. The third-order valence-corrected chi connectivity index (χ3v) is 3.96. The van der Waals surface area contributed by atoms with Crippen LogP contribution in [-0.2, 0) is 6.42 Å². The highest BCUT2D eigenvalue weighted by atomic mass is 16.5. The highest BCUT2D eigenvalue weighted by Gasteiger charge is 2.02. The SMILES string of the molecule is COc1ccc(Nc2nccc(NCCc3ccccc3C)n2)cc1. The number of methoxy groups -OCH3 is 1. The maximum Gasteiger partial charge on any atom is 0.229 e. The van der Waals surface area contributed by atoms with Gasteiger partial charge in [0.15, 0.2) is 0 Å². The molecule has 0 atom stereocenters. The van der Waals surface area contributed by atoms with Crippen molar-refractivity contribution in [1.82, 2.24) is 9.97 Å². The van der Waals surface area contributed by atoms with Crippen LogP contribution >= 0.6 is 0 Å². The first-order valence-corrected chi connectivity index (χ1v) is 8.27. The van der Waals surface area contributed by atoms with E-state index in [2.05, 4.69) is 51.8 Å². The van der Waals surface area contributed by atoms with E-state index in [4.69, 9.17) is 4.74 Å². The average molecular weight is 334 g/mol. The van der Waals surface area contributed by atoms with E-state index in [1.807, 2.05) is 30.3 Å². The van der Waals surface area contributed by atoms with E-state index >= 15 is 0 Å². The summed E-state index contributed by atoms with van der Waals surface area (Å²) in [4.78, 5) is 8.76. The number of aryl methyl sites for hydroxylation is 1. The minimum absolute atomic E-state index is 0.561. The number of anilines is 3. The second-order valence-corrected chi connectivity index (χ2v) is 5.72. The van der Waals surface area contributed by atoms with Crippen molar-refractivity contribution in [3.63, 3.8) is 0 Å². The summed E-state index contributed by atoms with van der Waals surface area (Å²) < 4.78 is 5.16. The van der Waals surface area contributed by atoms with Crippen molar-refractivity contribution >= 4 is 17.5 Å². The first kappa shape index (κ1) is 16.8. The molecule has 5 heteroatoms. The molecule has 25 heavy (non-hydrogen) atoms. The Hall–Kier alpha value is -3.08. The molecule has 1 aromatic heterocycles. The van der Waals surface area contributed by atoms with Gasteiger partial charge in [0.2, 0.25) is 5.95 Å². The lowest BCUT2D eigenvalue weighted by Crippen LogP contribution is -2.08. The zero-order valence-corrected chi connectivity index (χ0v) is 14.5. The predicted octanol–water partition coefficient (Wildman–Crippen LogP) is 4.19. The fourth-order valence-corrected chi connectivity index (χ4v) is 2.54. The molecule has 3 rings (SSSR count). The minimum Gasteiger partial charge on any atom is -0.497 e. The van der Waals surface area contributed by atoms with Gasteiger partial charge in [-0.2, -0.15) is 4.98 Å². The Kier molecular flexibility index (Phi) is 5.46. The molecule has 128 valence electrons. The molecule has 5 nitrogen and oxygen atoms in total. The highest BCUT2D eigenvalue weighted by molar-refractivity contribution is 5.55. The fraction of sp³-hybridized carbons (Fsp3) is 0.200. The molecule has 0 spiro atoms. The molecule has 2 aromatic carbocycles. The number of ether oxygens (including phenoxy) is 1. The van der Waals surface area contributed by atoms with Crippen LogP contribution in [0, 0.1) is 6.92 Å². The lowest BCUT2D eigenvalue weighted by atomic mass is 10.1. The monoisotopic (exact) mass is 334 g/mol. The maximum absolute atomic E-state index is 5.16. The molecule has 0 amide bonds. The summed E-state index contributed by atoms with van der Waals surface area (Å²) >= 11 is 0. The quantitative estimate of drug-likeness (QED) is 0.678. The van der Waals surface area contributed by atoms with Crippen molar-refractivity contribution < 1.29 is 4.74 Å². The van der Waals surface area contributed by atoms with Crippen molar-refractivity contribution in [2.24, 2.45) is 0 Å². The van der Waals surface area contributed by atoms with Crippen molar-refractivity contribution in [2.75, 3.05) is 24.3 Å². The highest BCUT2D eigenvalue weighted by Crippen LogP contribution is 2.18. The summed E-state index contributed by atoms with van der Waals surface area (Å²) in [6, 6.07) is 18.0. The molecule has 0 aliphatic heterocycles. The summed E-state index contributed by atoms with van der Waals surface area (Å²) in [5.41, 5.74) is 3.58. The second-order valence-electron chi connectivity index (χ2n) is 5.72. The number of nitrogens with zero attached hydrogens (tertiary/aromatic N) is 2. The van der Waals surface area contributed by atoms with Gasteiger partial charge in [0.1, 0.15) is 11.6 Å². The molecule has 1 heterocycles. The van der Waals surface area contributed by atoms with E-state index in [0.717, 1.165) is 30.2 Å². The third-order valence-electron chi connectivity index (χ3n) is 3.96. The number of nitrogens with one attached hydrogen (secondary N) is 2. The van der Waals surface area contributed by atoms with Gasteiger partial charge in [-0.1, -0.05) is 24.3 Å². The topological polar surface area (TPSA) is 59.1 Å². The maximum atomic E-state index is 5.16. The van der Waals surface area contributed by atoms with E-state index in [0.29, 0.717) is 5.95 Å². The Balaban J connectivity index is 1.58. The average Bonchev–Trinajstić information content (AvgIpc) is 2.64. The van der Waals surface area contributed by atoms with Gasteiger partial charge in [0.05, 0.1) is 7.11 Å². The van der Waals surface area contributed by atoms with Gasteiger partial charge in [0.25, 0.3) is 0 Å². The van der Waals surface area contributed by atoms with Crippen LogP contribution < -0.4 is 15.4 Å². The largest absolute Gasteiger partial charge is 0.497 e. The smallest absolute Gasteiger partial charge is 0.229 e. The lowest BCUT2D eigenvalue weighted by Gasteiger charge is -2.10. The molecule has 0 saturated heterocycles. The number of rotatable bonds is 7. The molecular weight excluding hydrogens is 312 g/mol. The summed E-state index contributed by atoms with van der Waals surface area (Å²) in [5.74, 6) is 2.18. The zero-order valence-electron chi connectivity index (χ0n) is 14.5. The van der Waals surface area contributed by atoms with Gasteiger partial charge in [0, 0.05) is 18.4 Å². The Morgan fingerprint density at radius 3 is 2.56 bits per heavy atom. The summed E-state index contributed by atoms with van der Waals surface area (Å²) in [6.07, 6.45) is 2.70. The van der Waals surface area contributed by atoms with Crippen molar-refractivity contribution in [3.8, 4) is 5.75 Å². The molecule has 0 fully saturated rings. The number of aromatic nitrogens is 2. The fourth-order valence-electron chi connectivity index (χ4n) is 2.54. The van der Waals surface area contributed by atoms with Gasteiger partial charge in [-0.05, 0) is 54.8 Å². The Morgan fingerprint density at radius 2 is 1.80 bits per heavy atom. The Morgan fingerprint density at radius 1 is 1.00 bits per heavy atom. The van der Waals surface area contributed by atoms with Gasteiger partial charge >= 0.3 is 0 Å². The van der Waals surface area contributed by atoms with Crippen molar-refractivity contribution in [3.05, 3.63) is 71.9 Å². The van der Waals surface area contributed by atoms with Crippen LogP contribution in [0.5, 0.6) is 5.75 Å². The van der Waals surface area contributed by atoms with E-state index in [9.17, 15) is 0 Å². The van der Waals surface area contributed by atoms with Crippen LogP contribution in [0.15, 0.2) is 60.8 Å². The van der Waals surface area contributed by atoms with Crippen LogP contribution in [0.4, 0.5) is 17.5 Å². The Bertz CT molecular complexity index is 818. The molecular formula is C20H22N4O. The molecule has 0 bridgehead atoms. The van der Waals surface area contributed by atoms with Gasteiger partial charge < -0.3 is 15.4 Å². The molecule has 0 saturated carbocycles. The van der Waals surface area contributed by atoms with Crippen LogP contribution in [0.3, 0.4) is 0 Å². The van der Waals surface area contributed by atoms with E-state index in [1.165, 1.54) is 11.1 Å². The Labute approximate surface area is 148 Å². The van der Waals surface area contributed by atoms with E-state index in [1.54, 1.807) is 13.3 Å². The summed E-state index contributed by atoms with van der Waals surface area (Å²) in [5, 5.41) is 6.55. The molecule has 0 unspecified atom stereocenters. The van der Waals surface area contributed by atoms with Crippen LogP contribution in [-0.4, -0.2) is 23.6 Å². The van der Waals surface area contributed by atoms with Gasteiger partial charge in [-0.15, -0.1) is 0 Å². The number of hydrogen-bond donors (Lipinski definition) is 2. The molecule has 0 aliphatic carbocycles. The van der Waals surface area contributed by atoms with E-state index < -0.39 is 0 Å². The minimum atomic E-state index is 0.561. The first-order chi connectivity index (χ1) is 12.2. The van der Waals surface area contributed by atoms with Crippen LogP contribution in [0.2, 0.25) is 0 Å². The summed E-state index contributed by atoms with van der Waals surface area (Å²) in [7, 11) is 1.65. The van der Waals surface area contributed by atoms with Crippen molar-refractivity contribution in [1.29, 1.82) is 0 Å². The lowest BCUT2D eigenvalue weighted by molar-refractivity contribution is 0.415. The number of hydrogen-bond acceptors (Lipinski definition) is 5. The molecule has 0 aliphatic rings. The molecule has 0 radical (unpaired) electrons. The van der Waals surface area contributed by atoms with Crippen LogP contribution in [0.1, 0.15) is 11.1 Å². The van der Waals surface area contributed by atoms with Gasteiger partial charge in [-0.3, -0.25) is 0 Å². The standard InChI is InChI=1S/C20H22N4O/c1-15-5-3-4-6-16(15)11-13-21-19-12-14-22-20(24-19)23-17-7-9-18(25-2)10-8-17/h3-10,12,14H,11,13H2,1-2H3,(H2,21,22,23,24). The molecule has 3 aromatic rings. The zero-order chi connectivity index (χ0) is 17.5. The third kappa shape index (κ3) is 4.70. The van der Waals surface area contributed by atoms with Crippen LogP contribution in [0.25, 0.3) is 0 Å². The summed E-state index contributed by atoms with van der Waals surface area (Å²) in [6.45, 7) is 2.96. The van der Waals surface area contributed by atoms with Gasteiger partial charge in [-0.25, -0.2) is 4.98 Å².